The molecular formula is C16H19NO3. The lowest BCUT2D eigenvalue weighted by atomic mass is 10.2. The molecule has 0 amide bonds. The van der Waals surface area contributed by atoms with E-state index in [2.05, 4.69) is 12.2 Å². The molecule has 20 heavy (non-hydrogen) atoms. The average Bonchev–Trinajstić information content (AvgIpc) is 2.48. The molecule has 106 valence electrons. The maximum absolute atomic E-state index is 5.42. The SMILES string of the molecule is COc1cc(Nc2ccc(C)cc2)c(OC)c(OC)c1. The van der Waals surface area contributed by atoms with Gasteiger partial charge in [0.25, 0.3) is 0 Å². The molecule has 1 N–H and O–H groups in total. The quantitative estimate of drug-likeness (QED) is 0.900. The molecular weight excluding hydrogens is 254 g/mol. The van der Waals surface area contributed by atoms with Crippen LogP contribution < -0.4 is 19.5 Å². The number of hydrogen-bond acceptors (Lipinski definition) is 4. The first kappa shape index (κ1) is 14.1. The fraction of sp³-hybridized carbons (Fsp3) is 0.250. The summed E-state index contributed by atoms with van der Waals surface area (Å²) < 4.78 is 16.0. The van der Waals surface area contributed by atoms with E-state index in [0.717, 1.165) is 11.4 Å². The number of hydrogen-bond donors (Lipinski definition) is 1. The third-order valence-corrected chi connectivity index (χ3v) is 3.02. The summed E-state index contributed by atoms with van der Waals surface area (Å²) in [5.74, 6) is 1.98. The van der Waals surface area contributed by atoms with E-state index in [1.165, 1.54) is 5.56 Å². The van der Waals surface area contributed by atoms with E-state index in [0.29, 0.717) is 17.2 Å². The van der Waals surface area contributed by atoms with Crippen LogP contribution in [0.25, 0.3) is 0 Å². The van der Waals surface area contributed by atoms with Crippen molar-refractivity contribution in [2.75, 3.05) is 26.6 Å². The van der Waals surface area contributed by atoms with Crippen LogP contribution in [-0.2, 0) is 0 Å². The van der Waals surface area contributed by atoms with Gasteiger partial charge in [-0.2, -0.15) is 0 Å². The molecule has 4 heteroatoms. The van der Waals surface area contributed by atoms with E-state index in [9.17, 15) is 0 Å². The average molecular weight is 273 g/mol. The van der Waals surface area contributed by atoms with Crippen molar-refractivity contribution in [2.24, 2.45) is 0 Å². The second-order valence-corrected chi connectivity index (χ2v) is 4.40. The third kappa shape index (κ3) is 2.96. The van der Waals surface area contributed by atoms with Crippen molar-refractivity contribution >= 4 is 11.4 Å². The van der Waals surface area contributed by atoms with Crippen LogP contribution in [-0.4, -0.2) is 21.3 Å². The minimum absolute atomic E-state index is 0.626. The largest absolute Gasteiger partial charge is 0.497 e. The topological polar surface area (TPSA) is 39.7 Å². The van der Waals surface area contributed by atoms with Crippen LogP contribution in [0.1, 0.15) is 5.56 Å². The van der Waals surface area contributed by atoms with Gasteiger partial charge in [0.15, 0.2) is 11.5 Å². The highest BCUT2D eigenvalue weighted by Gasteiger charge is 2.13. The maximum Gasteiger partial charge on any atom is 0.184 e. The molecule has 0 bridgehead atoms. The zero-order chi connectivity index (χ0) is 14.5. The van der Waals surface area contributed by atoms with E-state index < -0.39 is 0 Å². The van der Waals surface area contributed by atoms with Crippen molar-refractivity contribution in [3.05, 3.63) is 42.0 Å². The van der Waals surface area contributed by atoms with Gasteiger partial charge in [0, 0.05) is 17.8 Å². The van der Waals surface area contributed by atoms with Crippen LogP contribution in [0.5, 0.6) is 17.2 Å². The molecule has 0 saturated carbocycles. The van der Waals surface area contributed by atoms with Crippen molar-refractivity contribution in [1.29, 1.82) is 0 Å². The zero-order valence-electron chi connectivity index (χ0n) is 12.2. The Hall–Kier alpha value is -2.36. The Labute approximate surface area is 119 Å². The monoisotopic (exact) mass is 273 g/mol. The lowest BCUT2D eigenvalue weighted by molar-refractivity contribution is 0.350. The second-order valence-electron chi connectivity index (χ2n) is 4.40. The zero-order valence-corrected chi connectivity index (χ0v) is 12.2. The van der Waals surface area contributed by atoms with Gasteiger partial charge in [0.2, 0.25) is 0 Å². The molecule has 0 spiro atoms. The van der Waals surface area contributed by atoms with Crippen molar-refractivity contribution in [3.63, 3.8) is 0 Å². The van der Waals surface area contributed by atoms with Gasteiger partial charge in [-0.3, -0.25) is 0 Å². The van der Waals surface area contributed by atoms with E-state index in [1.54, 1.807) is 27.4 Å². The van der Waals surface area contributed by atoms with Gasteiger partial charge < -0.3 is 19.5 Å². The lowest BCUT2D eigenvalue weighted by Crippen LogP contribution is -1.98. The molecule has 0 aliphatic carbocycles. The van der Waals surface area contributed by atoms with Crippen molar-refractivity contribution in [3.8, 4) is 17.2 Å². The number of benzene rings is 2. The molecule has 0 aliphatic rings. The number of aryl methyl sites for hydroxylation is 1. The molecule has 4 nitrogen and oxygen atoms in total. The summed E-state index contributed by atoms with van der Waals surface area (Å²) in [6.07, 6.45) is 0. The fourth-order valence-corrected chi connectivity index (χ4v) is 1.94. The molecule has 0 saturated heterocycles. The Bertz CT molecular complexity index is 579. The Kier molecular flexibility index (Phi) is 4.35. The van der Waals surface area contributed by atoms with Crippen LogP contribution >= 0.6 is 0 Å². The van der Waals surface area contributed by atoms with Gasteiger partial charge in [-0.05, 0) is 19.1 Å². The molecule has 0 unspecified atom stereocenters. The Morgan fingerprint density at radius 3 is 2.10 bits per heavy atom. The first-order valence-corrected chi connectivity index (χ1v) is 6.31. The summed E-state index contributed by atoms with van der Waals surface area (Å²) in [7, 11) is 4.84. The second kappa shape index (κ2) is 6.19. The van der Waals surface area contributed by atoms with E-state index >= 15 is 0 Å². The Morgan fingerprint density at radius 1 is 0.850 bits per heavy atom. The van der Waals surface area contributed by atoms with Crippen LogP contribution in [0.15, 0.2) is 36.4 Å². The molecule has 2 aromatic rings. The van der Waals surface area contributed by atoms with E-state index in [4.69, 9.17) is 14.2 Å². The summed E-state index contributed by atoms with van der Waals surface area (Å²) in [4.78, 5) is 0. The normalized spacial score (nSPS) is 10.0. The predicted molar refractivity (Wildman–Crippen MR) is 80.6 cm³/mol. The Morgan fingerprint density at radius 2 is 1.55 bits per heavy atom. The fourth-order valence-electron chi connectivity index (χ4n) is 1.94. The van der Waals surface area contributed by atoms with Crippen LogP contribution in [0, 0.1) is 6.92 Å². The van der Waals surface area contributed by atoms with Crippen LogP contribution in [0.4, 0.5) is 11.4 Å². The first-order valence-electron chi connectivity index (χ1n) is 6.31. The highest BCUT2D eigenvalue weighted by Crippen LogP contribution is 2.40. The molecule has 0 aliphatic heterocycles. The Balaban J connectivity index is 2.40. The minimum Gasteiger partial charge on any atom is -0.497 e. The number of anilines is 2. The van der Waals surface area contributed by atoms with Gasteiger partial charge in [0.05, 0.1) is 27.0 Å². The van der Waals surface area contributed by atoms with Crippen LogP contribution in [0.3, 0.4) is 0 Å². The molecule has 0 heterocycles. The highest BCUT2D eigenvalue weighted by molar-refractivity contribution is 5.72. The van der Waals surface area contributed by atoms with Gasteiger partial charge in [-0.1, -0.05) is 17.7 Å². The number of nitrogens with one attached hydrogen (secondary N) is 1. The standard InChI is InChI=1S/C16H19NO3/c1-11-5-7-12(8-6-11)17-14-9-13(18-2)10-15(19-3)16(14)20-4/h5-10,17H,1-4H3. The molecule has 0 fully saturated rings. The summed E-state index contributed by atoms with van der Waals surface area (Å²) in [6, 6.07) is 11.8. The van der Waals surface area contributed by atoms with Gasteiger partial charge in [-0.25, -0.2) is 0 Å². The van der Waals surface area contributed by atoms with E-state index in [-0.39, 0.29) is 0 Å². The maximum atomic E-state index is 5.42. The molecule has 2 aromatic carbocycles. The predicted octanol–water partition coefficient (Wildman–Crippen LogP) is 3.76. The minimum atomic E-state index is 0.626. The summed E-state index contributed by atoms with van der Waals surface area (Å²) >= 11 is 0. The lowest BCUT2D eigenvalue weighted by Gasteiger charge is -2.16. The highest BCUT2D eigenvalue weighted by atomic mass is 16.5. The van der Waals surface area contributed by atoms with Crippen LogP contribution in [0.2, 0.25) is 0 Å². The molecule has 0 radical (unpaired) electrons. The third-order valence-electron chi connectivity index (χ3n) is 3.02. The van der Waals surface area contributed by atoms with Gasteiger partial charge >= 0.3 is 0 Å². The smallest absolute Gasteiger partial charge is 0.184 e. The summed E-state index contributed by atoms with van der Waals surface area (Å²) in [6.45, 7) is 2.05. The van der Waals surface area contributed by atoms with Gasteiger partial charge in [0.1, 0.15) is 5.75 Å². The van der Waals surface area contributed by atoms with E-state index in [1.807, 2.05) is 30.3 Å². The van der Waals surface area contributed by atoms with Crippen molar-refractivity contribution < 1.29 is 14.2 Å². The number of methoxy groups -OCH3 is 3. The number of ether oxygens (including phenoxy) is 3. The summed E-state index contributed by atoms with van der Waals surface area (Å²) in [5, 5.41) is 3.32. The molecule has 0 atom stereocenters. The first-order chi connectivity index (χ1) is 9.67. The number of rotatable bonds is 5. The summed E-state index contributed by atoms with van der Waals surface area (Å²) in [5.41, 5.74) is 2.99. The molecule has 2 rings (SSSR count). The van der Waals surface area contributed by atoms with Gasteiger partial charge in [-0.15, -0.1) is 0 Å². The van der Waals surface area contributed by atoms with Crippen molar-refractivity contribution in [1.82, 2.24) is 0 Å². The van der Waals surface area contributed by atoms with Crippen molar-refractivity contribution in [2.45, 2.75) is 6.92 Å². The molecule has 0 aromatic heterocycles.